The maximum atomic E-state index is 12.6. The van der Waals surface area contributed by atoms with Gasteiger partial charge in [-0.25, -0.2) is 0 Å². The minimum Gasteiger partial charge on any atom is -0.481 e. The molecule has 128 valence electrons. The molecule has 2 atom stereocenters. The Balaban J connectivity index is 1.48. The molecule has 0 unspecified atom stereocenters. The van der Waals surface area contributed by atoms with Crippen molar-refractivity contribution in [1.82, 2.24) is 4.90 Å². The van der Waals surface area contributed by atoms with Crippen LogP contribution < -0.4 is 9.47 Å². The number of carboxylic acids is 1. The first-order chi connectivity index (χ1) is 11.6. The molecule has 0 aliphatic carbocycles. The number of fused-ring (bicyclic) bond motifs is 2. The molecule has 3 heterocycles. The second-order valence-corrected chi connectivity index (χ2v) is 6.64. The third-order valence-electron chi connectivity index (χ3n) is 5.24. The Hall–Kier alpha value is -2.28. The van der Waals surface area contributed by atoms with E-state index < -0.39 is 11.4 Å². The molecule has 7 heteroatoms. The van der Waals surface area contributed by atoms with Crippen LogP contribution in [0.25, 0.3) is 0 Å². The first-order valence-electron chi connectivity index (χ1n) is 8.06. The zero-order chi connectivity index (χ0) is 16.7. The number of likely N-dealkylation sites (tertiary alicyclic amines) is 1. The summed E-state index contributed by atoms with van der Waals surface area (Å²) in [5.74, 6) is 0.352. The van der Waals surface area contributed by atoms with Gasteiger partial charge in [0.1, 0.15) is 5.41 Å². The molecule has 3 aliphatic rings. The smallest absolute Gasteiger partial charge is 0.314 e. The number of carbonyl (C=O) groups excluding carboxylic acids is 1. The highest BCUT2D eigenvalue weighted by molar-refractivity contribution is 5.82. The van der Waals surface area contributed by atoms with Crippen LogP contribution in [0.5, 0.6) is 11.5 Å². The van der Waals surface area contributed by atoms with Gasteiger partial charge in [0.2, 0.25) is 12.7 Å². The number of amides is 1. The Labute approximate surface area is 139 Å². The highest BCUT2D eigenvalue weighted by atomic mass is 16.7. The van der Waals surface area contributed by atoms with Crippen molar-refractivity contribution >= 4 is 11.9 Å². The fraction of sp³-hybridized carbons (Fsp3) is 0.529. The van der Waals surface area contributed by atoms with Crippen LogP contribution in [0.2, 0.25) is 0 Å². The van der Waals surface area contributed by atoms with E-state index in [0.717, 1.165) is 5.56 Å². The third-order valence-corrected chi connectivity index (χ3v) is 5.24. The molecule has 3 aliphatic heterocycles. The van der Waals surface area contributed by atoms with Crippen LogP contribution in [-0.4, -0.2) is 55.0 Å². The second-order valence-electron chi connectivity index (χ2n) is 6.64. The molecule has 1 aromatic rings. The van der Waals surface area contributed by atoms with Gasteiger partial charge in [0.15, 0.2) is 11.5 Å². The van der Waals surface area contributed by atoms with Gasteiger partial charge in [-0.1, -0.05) is 6.07 Å². The molecule has 0 radical (unpaired) electrons. The predicted molar refractivity (Wildman–Crippen MR) is 81.8 cm³/mol. The van der Waals surface area contributed by atoms with Gasteiger partial charge >= 0.3 is 5.97 Å². The summed E-state index contributed by atoms with van der Waals surface area (Å²) in [6, 6.07) is 5.44. The van der Waals surface area contributed by atoms with Crippen molar-refractivity contribution < 1.29 is 28.9 Å². The molecule has 0 bridgehead atoms. The molecule has 0 spiro atoms. The minimum absolute atomic E-state index is 0.0375. The van der Waals surface area contributed by atoms with E-state index in [-0.39, 0.29) is 38.2 Å². The third kappa shape index (κ3) is 2.39. The zero-order valence-electron chi connectivity index (χ0n) is 13.2. The van der Waals surface area contributed by atoms with E-state index >= 15 is 0 Å². The quantitative estimate of drug-likeness (QED) is 0.885. The number of carboxylic acid groups (broad SMARTS) is 1. The van der Waals surface area contributed by atoms with Crippen LogP contribution in [0.1, 0.15) is 12.0 Å². The summed E-state index contributed by atoms with van der Waals surface area (Å²) >= 11 is 0. The van der Waals surface area contributed by atoms with Gasteiger partial charge in [0.25, 0.3) is 0 Å². The molecule has 1 N–H and O–H groups in total. The molecule has 4 rings (SSSR count). The summed E-state index contributed by atoms with van der Waals surface area (Å²) in [4.78, 5) is 26.1. The van der Waals surface area contributed by atoms with Gasteiger partial charge in [-0.15, -0.1) is 0 Å². The molecule has 2 fully saturated rings. The monoisotopic (exact) mass is 333 g/mol. The van der Waals surface area contributed by atoms with Crippen molar-refractivity contribution in [2.45, 2.75) is 12.8 Å². The minimum atomic E-state index is -0.956. The molecule has 1 amide bonds. The molecular weight excluding hydrogens is 314 g/mol. The fourth-order valence-electron chi connectivity index (χ4n) is 3.82. The van der Waals surface area contributed by atoms with Crippen LogP contribution in [0.3, 0.4) is 0 Å². The normalized spacial score (nSPS) is 27.8. The number of carbonyl (C=O) groups is 2. The Bertz CT molecular complexity index is 690. The number of hydrogen-bond acceptors (Lipinski definition) is 5. The van der Waals surface area contributed by atoms with Gasteiger partial charge in [-0.3, -0.25) is 9.59 Å². The summed E-state index contributed by atoms with van der Waals surface area (Å²) in [6.07, 6.45) is 0.903. The van der Waals surface area contributed by atoms with Crippen molar-refractivity contribution in [1.29, 1.82) is 0 Å². The Kier molecular flexibility index (Phi) is 3.60. The first-order valence-corrected chi connectivity index (χ1v) is 8.06. The van der Waals surface area contributed by atoms with Crippen LogP contribution in [0, 0.1) is 11.3 Å². The van der Waals surface area contributed by atoms with E-state index in [1.807, 2.05) is 6.07 Å². The molecule has 7 nitrogen and oxygen atoms in total. The highest BCUT2D eigenvalue weighted by Crippen LogP contribution is 2.42. The van der Waals surface area contributed by atoms with Crippen LogP contribution >= 0.6 is 0 Å². The summed E-state index contributed by atoms with van der Waals surface area (Å²) in [7, 11) is 0. The van der Waals surface area contributed by atoms with Crippen molar-refractivity contribution in [3.63, 3.8) is 0 Å². The van der Waals surface area contributed by atoms with Gasteiger partial charge in [-0.05, 0) is 30.0 Å². The summed E-state index contributed by atoms with van der Waals surface area (Å²) < 4.78 is 16.0. The van der Waals surface area contributed by atoms with E-state index in [4.69, 9.17) is 14.2 Å². The average Bonchev–Trinajstić information content (AvgIpc) is 3.19. The lowest BCUT2D eigenvalue weighted by atomic mass is 9.76. The lowest BCUT2D eigenvalue weighted by Gasteiger charge is -2.33. The number of hydrogen-bond donors (Lipinski definition) is 1. The molecule has 1 aromatic carbocycles. The van der Waals surface area contributed by atoms with Gasteiger partial charge in [-0.2, -0.15) is 0 Å². The maximum Gasteiger partial charge on any atom is 0.314 e. The average molecular weight is 333 g/mol. The summed E-state index contributed by atoms with van der Waals surface area (Å²) in [5, 5.41) is 9.65. The lowest BCUT2D eigenvalue weighted by molar-refractivity contribution is -0.159. The molecule has 24 heavy (non-hydrogen) atoms. The topological polar surface area (TPSA) is 85.3 Å². The van der Waals surface area contributed by atoms with Crippen molar-refractivity contribution in [2.75, 3.05) is 33.1 Å². The predicted octanol–water partition coefficient (Wildman–Crippen LogP) is 0.907. The Morgan fingerprint density at radius 1 is 1.29 bits per heavy atom. The molecule has 0 saturated carbocycles. The number of aliphatic carboxylic acids is 1. The van der Waals surface area contributed by atoms with Crippen molar-refractivity contribution in [3.8, 4) is 11.5 Å². The standard InChI is InChI=1S/C17H19NO6/c19-15(6-11-1-2-13-14(5-11)24-10-23-13)18-7-12-3-4-22-9-17(12,8-18)16(20)21/h1-2,5,12H,3-4,6-10H2,(H,20,21)/t12-,17+/m0/s1. The van der Waals surface area contributed by atoms with Crippen LogP contribution in [0.4, 0.5) is 0 Å². The summed E-state index contributed by atoms with van der Waals surface area (Å²) in [5.41, 5.74) is -0.122. The Morgan fingerprint density at radius 2 is 2.12 bits per heavy atom. The highest BCUT2D eigenvalue weighted by Gasteiger charge is 2.55. The van der Waals surface area contributed by atoms with E-state index in [0.29, 0.717) is 31.1 Å². The zero-order valence-corrected chi connectivity index (χ0v) is 13.2. The lowest BCUT2D eigenvalue weighted by Crippen LogP contribution is -2.46. The van der Waals surface area contributed by atoms with E-state index in [9.17, 15) is 14.7 Å². The SMILES string of the molecule is O=C(Cc1ccc2c(c1)OCO2)N1C[C@@H]2CCOC[C@]2(C(=O)O)C1. The number of nitrogens with zero attached hydrogens (tertiary/aromatic N) is 1. The summed E-state index contributed by atoms with van der Waals surface area (Å²) in [6.45, 7) is 1.64. The number of rotatable bonds is 3. The van der Waals surface area contributed by atoms with Crippen LogP contribution in [-0.2, 0) is 20.7 Å². The first kappa shape index (κ1) is 15.3. The van der Waals surface area contributed by atoms with Crippen molar-refractivity contribution in [3.05, 3.63) is 23.8 Å². The second kappa shape index (κ2) is 5.66. The molecule has 2 saturated heterocycles. The fourth-order valence-corrected chi connectivity index (χ4v) is 3.82. The number of benzene rings is 1. The van der Waals surface area contributed by atoms with Gasteiger partial charge in [0.05, 0.1) is 13.0 Å². The van der Waals surface area contributed by atoms with Crippen LogP contribution in [0.15, 0.2) is 18.2 Å². The molecular formula is C17H19NO6. The van der Waals surface area contributed by atoms with E-state index in [2.05, 4.69) is 0 Å². The largest absolute Gasteiger partial charge is 0.481 e. The van der Waals surface area contributed by atoms with Gasteiger partial charge < -0.3 is 24.2 Å². The van der Waals surface area contributed by atoms with E-state index in [1.165, 1.54) is 0 Å². The molecule has 0 aromatic heterocycles. The number of ether oxygens (including phenoxy) is 3. The van der Waals surface area contributed by atoms with Crippen molar-refractivity contribution in [2.24, 2.45) is 11.3 Å². The Morgan fingerprint density at radius 3 is 2.92 bits per heavy atom. The maximum absolute atomic E-state index is 12.6. The van der Waals surface area contributed by atoms with E-state index in [1.54, 1.807) is 17.0 Å². The van der Waals surface area contributed by atoms with Gasteiger partial charge in [0, 0.05) is 19.7 Å².